The van der Waals surface area contributed by atoms with Crippen molar-refractivity contribution < 1.29 is 4.74 Å². The van der Waals surface area contributed by atoms with Gasteiger partial charge in [0.15, 0.2) is 11.2 Å². The SMILES string of the molecule is COc1ncnc2c1nc(N)n2CCCCCCSC. The molecule has 2 N–H and O–H groups in total. The molecule has 0 bridgehead atoms. The van der Waals surface area contributed by atoms with Crippen LogP contribution in [0, 0.1) is 0 Å². The number of hydrogen-bond acceptors (Lipinski definition) is 6. The lowest BCUT2D eigenvalue weighted by molar-refractivity contribution is 0.401. The molecular weight excluding hydrogens is 274 g/mol. The van der Waals surface area contributed by atoms with Crippen molar-refractivity contribution in [3.05, 3.63) is 6.33 Å². The topological polar surface area (TPSA) is 78.8 Å². The summed E-state index contributed by atoms with van der Waals surface area (Å²) >= 11 is 1.90. The Hall–Kier alpha value is -1.50. The van der Waals surface area contributed by atoms with E-state index < -0.39 is 0 Å². The molecular formula is C13H21N5OS. The van der Waals surface area contributed by atoms with E-state index in [4.69, 9.17) is 10.5 Å². The summed E-state index contributed by atoms with van der Waals surface area (Å²) in [6.45, 7) is 0.835. The zero-order chi connectivity index (χ0) is 14.4. The van der Waals surface area contributed by atoms with E-state index in [1.54, 1.807) is 7.11 Å². The van der Waals surface area contributed by atoms with Crippen LogP contribution >= 0.6 is 11.8 Å². The second-order valence-corrected chi connectivity index (χ2v) is 5.57. The van der Waals surface area contributed by atoms with E-state index in [2.05, 4.69) is 21.2 Å². The third kappa shape index (κ3) is 3.33. The molecule has 0 saturated heterocycles. The minimum Gasteiger partial charge on any atom is -0.479 e. The van der Waals surface area contributed by atoms with Gasteiger partial charge in [-0.15, -0.1) is 0 Å². The van der Waals surface area contributed by atoms with E-state index in [1.165, 1.54) is 31.3 Å². The van der Waals surface area contributed by atoms with Crippen molar-refractivity contribution in [3.63, 3.8) is 0 Å². The fourth-order valence-corrected chi connectivity index (χ4v) is 2.67. The van der Waals surface area contributed by atoms with Gasteiger partial charge in [0, 0.05) is 6.54 Å². The number of methoxy groups -OCH3 is 1. The lowest BCUT2D eigenvalue weighted by Gasteiger charge is -2.05. The smallest absolute Gasteiger partial charge is 0.245 e. The van der Waals surface area contributed by atoms with Gasteiger partial charge < -0.3 is 10.5 Å². The molecule has 0 unspecified atom stereocenters. The highest BCUT2D eigenvalue weighted by Gasteiger charge is 2.13. The average molecular weight is 295 g/mol. The summed E-state index contributed by atoms with van der Waals surface area (Å²) in [4.78, 5) is 12.6. The van der Waals surface area contributed by atoms with Crippen molar-refractivity contribution in [2.45, 2.75) is 32.2 Å². The Morgan fingerprint density at radius 1 is 1.25 bits per heavy atom. The summed E-state index contributed by atoms with van der Waals surface area (Å²) in [6.07, 6.45) is 8.43. The molecule has 0 fully saturated rings. The number of aryl methyl sites for hydroxylation is 1. The van der Waals surface area contributed by atoms with Crippen LogP contribution in [0.5, 0.6) is 5.88 Å². The summed E-state index contributed by atoms with van der Waals surface area (Å²) in [5.41, 5.74) is 7.35. The Bertz CT molecular complexity index is 557. The third-order valence-corrected chi connectivity index (χ3v) is 3.90. The molecule has 0 aliphatic rings. The first-order valence-electron chi connectivity index (χ1n) is 6.77. The number of fused-ring (bicyclic) bond motifs is 1. The molecule has 0 saturated carbocycles. The number of aromatic nitrogens is 4. The minimum absolute atomic E-state index is 0.473. The van der Waals surface area contributed by atoms with Crippen LogP contribution < -0.4 is 10.5 Å². The van der Waals surface area contributed by atoms with E-state index in [9.17, 15) is 0 Å². The molecule has 110 valence electrons. The van der Waals surface area contributed by atoms with Gasteiger partial charge in [0.2, 0.25) is 11.8 Å². The third-order valence-electron chi connectivity index (χ3n) is 3.20. The van der Waals surface area contributed by atoms with Gasteiger partial charge in [-0.3, -0.25) is 4.57 Å². The molecule has 0 atom stereocenters. The first-order chi connectivity index (χ1) is 9.77. The van der Waals surface area contributed by atoms with Crippen LogP contribution in [0.4, 0.5) is 5.95 Å². The second-order valence-electron chi connectivity index (χ2n) is 4.58. The Morgan fingerprint density at radius 2 is 2.05 bits per heavy atom. The molecule has 6 nitrogen and oxygen atoms in total. The second kappa shape index (κ2) is 7.33. The van der Waals surface area contributed by atoms with Crippen molar-refractivity contribution in [1.29, 1.82) is 0 Å². The van der Waals surface area contributed by atoms with Crippen molar-refractivity contribution >= 4 is 28.9 Å². The summed E-state index contributed by atoms with van der Waals surface area (Å²) in [7, 11) is 1.57. The summed E-state index contributed by atoms with van der Waals surface area (Å²) < 4.78 is 7.12. The lowest BCUT2D eigenvalue weighted by atomic mass is 10.2. The molecule has 0 aromatic carbocycles. The van der Waals surface area contributed by atoms with E-state index in [0.717, 1.165) is 18.6 Å². The zero-order valence-electron chi connectivity index (χ0n) is 12.0. The average Bonchev–Trinajstić information content (AvgIpc) is 2.78. The Morgan fingerprint density at radius 3 is 2.80 bits per heavy atom. The number of ether oxygens (including phenoxy) is 1. The largest absolute Gasteiger partial charge is 0.479 e. The van der Waals surface area contributed by atoms with E-state index in [1.807, 2.05) is 16.3 Å². The van der Waals surface area contributed by atoms with Crippen LogP contribution in [0.25, 0.3) is 11.2 Å². The number of thioether (sulfide) groups is 1. The fraction of sp³-hybridized carbons (Fsp3) is 0.615. The fourth-order valence-electron chi connectivity index (χ4n) is 2.17. The van der Waals surface area contributed by atoms with Gasteiger partial charge in [-0.1, -0.05) is 12.8 Å². The molecule has 0 aliphatic heterocycles. The van der Waals surface area contributed by atoms with Crippen LogP contribution in [0.1, 0.15) is 25.7 Å². The van der Waals surface area contributed by atoms with Crippen molar-refractivity contribution in [2.24, 2.45) is 0 Å². The number of nitrogens with zero attached hydrogens (tertiary/aromatic N) is 4. The molecule has 2 aromatic rings. The Labute approximate surface area is 123 Å². The number of nitrogen functional groups attached to an aromatic ring is 1. The number of unbranched alkanes of at least 4 members (excludes halogenated alkanes) is 3. The normalized spacial score (nSPS) is 11.1. The minimum atomic E-state index is 0.473. The van der Waals surface area contributed by atoms with Crippen LogP contribution in [-0.4, -0.2) is 38.6 Å². The van der Waals surface area contributed by atoms with Crippen molar-refractivity contribution in [3.8, 4) is 5.88 Å². The van der Waals surface area contributed by atoms with E-state index in [0.29, 0.717) is 17.3 Å². The van der Waals surface area contributed by atoms with Crippen LogP contribution in [0.15, 0.2) is 6.33 Å². The van der Waals surface area contributed by atoms with Gasteiger partial charge >= 0.3 is 0 Å². The number of rotatable bonds is 8. The molecule has 2 aromatic heterocycles. The lowest BCUT2D eigenvalue weighted by Crippen LogP contribution is -2.04. The van der Waals surface area contributed by atoms with Gasteiger partial charge in [-0.05, 0) is 24.9 Å². The molecule has 0 spiro atoms. The van der Waals surface area contributed by atoms with E-state index >= 15 is 0 Å². The highest BCUT2D eigenvalue weighted by molar-refractivity contribution is 7.98. The summed E-state index contributed by atoms with van der Waals surface area (Å²) in [6, 6.07) is 0. The number of imidazole rings is 1. The monoisotopic (exact) mass is 295 g/mol. The van der Waals surface area contributed by atoms with Crippen LogP contribution in [0.3, 0.4) is 0 Å². The van der Waals surface area contributed by atoms with Crippen LogP contribution in [0.2, 0.25) is 0 Å². The Kier molecular flexibility index (Phi) is 5.46. The maximum Gasteiger partial charge on any atom is 0.245 e. The van der Waals surface area contributed by atoms with Gasteiger partial charge in [0.05, 0.1) is 7.11 Å². The zero-order valence-corrected chi connectivity index (χ0v) is 12.8. The van der Waals surface area contributed by atoms with Gasteiger partial charge in [0.1, 0.15) is 6.33 Å². The Balaban J connectivity index is 2.01. The molecule has 2 heterocycles. The quantitative estimate of drug-likeness (QED) is 0.753. The highest BCUT2D eigenvalue weighted by atomic mass is 32.2. The number of hydrogen-bond donors (Lipinski definition) is 1. The highest BCUT2D eigenvalue weighted by Crippen LogP contribution is 2.23. The number of nitrogens with two attached hydrogens (primary N) is 1. The van der Waals surface area contributed by atoms with Crippen molar-refractivity contribution in [2.75, 3.05) is 24.9 Å². The predicted molar refractivity (Wildman–Crippen MR) is 83.1 cm³/mol. The standard InChI is InChI=1S/C13H21N5OS/c1-19-12-10-11(15-9-16-12)18(13(14)17-10)7-5-3-4-6-8-20-2/h9H,3-8H2,1-2H3,(H2,14,17). The first kappa shape index (κ1) is 14.9. The molecule has 0 aliphatic carbocycles. The van der Waals surface area contributed by atoms with Crippen molar-refractivity contribution in [1.82, 2.24) is 19.5 Å². The maximum absolute atomic E-state index is 5.96. The van der Waals surface area contributed by atoms with Gasteiger partial charge in [-0.25, -0.2) is 9.97 Å². The number of anilines is 1. The maximum atomic E-state index is 5.96. The van der Waals surface area contributed by atoms with E-state index in [-0.39, 0.29) is 0 Å². The molecule has 7 heteroatoms. The summed E-state index contributed by atoms with van der Waals surface area (Å²) in [5.74, 6) is 2.18. The summed E-state index contributed by atoms with van der Waals surface area (Å²) in [5, 5.41) is 0. The molecule has 2 rings (SSSR count). The predicted octanol–water partition coefficient (Wildman–Crippen LogP) is 2.34. The molecule has 0 amide bonds. The molecule has 20 heavy (non-hydrogen) atoms. The first-order valence-corrected chi connectivity index (χ1v) is 8.17. The molecule has 0 radical (unpaired) electrons. The van der Waals surface area contributed by atoms with Gasteiger partial charge in [-0.2, -0.15) is 16.7 Å². The van der Waals surface area contributed by atoms with Crippen LogP contribution in [-0.2, 0) is 6.54 Å². The van der Waals surface area contributed by atoms with Gasteiger partial charge in [0.25, 0.3) is 0 Å².